The normalized spacial score (nSPS) is 12.2. The highest BCUT2D eigenvalue weighted by atomic mass is 16.5. The van der Waals surface area contributed by atoms with E-state index in [1.54, 1.807) is 0 Å². The van der Waals surface area contributed by atoms with Gasteiger partial charge >= 0.3 is 0 Å². The molecule has 0 fully saturated rings. The van der Waals surface area contributed by atoms with Gasteiger partial charge in [-0.15, -0.1) is 0 Å². The first-order chi connectivity index (χ1) is 24.6. The summed E-state index contributed by atoms with van der Waals surface area (Å²) >= 11 is 0. The topological polar surface area (TPSA) is 24.9 Å². The highest BCUT2D eigenvalue weighted by Crippen LogP contribution is 2.51. The minimum Gasteiger partial charge on any atom is -0.453 e. The quantitative estimate of drug-likeness (QED) is 0.185. The fourth-order valence-electron chi connectivity index (χ4n) is 6.67. The molecular formula is C46H38N2O2. The van der Waals surface area contributed by atoms with Crippen molar-refractivity contribution >= 4 is 34.1 Å². The molecule has 4 heteroatoms. The summed E-state index contributed by atoms with van der Waals surface area (Å²) in [5, 5.41) is 0. The molecule has 0 saturated heterocycles. The number of aryl methyl sites for hydroxylation is 2. The highest BCUT2D eigenvalue weighted by molar-refractivity contribution is 5.87. The van der Waals surface area contributed by atoms with Crippen molar-refractivity contribution in [2.45, 2.75) is 26.7 Å². The van der Waals surface area contributed by atoms with Gasteiger partial charge in [0.2, 0.25) is 0 Å². The third kappa shape index (κ3) is 6.20. The average molecular weight is 651 g/mol. The largest absolute Gasteiger partial charge is 0.453 e. The first-order valence-electron chi connectivity index (χ1n) is 17.2. The molecule has 2 aliphatic rings. The molecule has 0 spiro atoms. The van der Waals surface area contributed by atoms with Crippen molar-refractivity contribution in [2.75, 3.05) is 9.80 Å². The summed E-state index contributed by atoms with van der Waals surface area (Å²) < 4.78 is 12.1. The van der Waals surface area contributed by atoms with Crippen LogP contribution >= 0.6 is 0 Å². The Hall–Kier alpha value is -6.26. The molecule has 0 unspecified atom stereocenters. The molecule has 7 aromatic rings. The Morgan fingerprint density at radius 2 is 0.800 bits per heavy atom. The van der Waals surface area contributed by atoms with E-state index < -0.39 is 0 Å². The predicted molar refractivity (Wildman–Crippen MR) is 206 cm³/mol. The molecule has 2 aliphatic heterocycles. The fourth-order valence-corrected chi connectivity index (χ4v) is 6.67. The third-order valence-electron chi connectivity index (χ3n) is 9.15. The predicted octanol–water partition coefficient (Wildman–Crippen LogP) is 13.0. The molecule has 244 valence electrons. The first-order valence-corrected chi connectivity index (χ1v) is 17.2. The SMILES string of the molecule is CCc1ccc(N2c3ccccc3Oc3ccccc32)cc1.Cc1cccc(Cc2ccc(N3c4ccccc4Oc4ccccc43)cc2)c1. The van der Waals surface area contributed by atoms with Gasteiger partial charge in [0, 0.05) is 11.4 Å². The van der Waals surface area contributed by atoms with Crippen LogP contribution in [0, 0.1) is 6.92 Å². The Kier molecular flexibility index (Phi) is 8.50. The Morgan fingerprint density at radius 1 is 0.400 bits per heavy atom. The second-order valence-corrected chi connectivity index (χ2v) is 12.6. The number of hydrogen-bond acceptors (Lipinski definition) is 4. The Bertz CT molecular complexity index is 2170. The lowest BCUT2D eigenvalue weighted by Gasteiger charge is -2.32. The smallest absolute Gasteiger partial charge is 0.151 e. The van der Waals surface area contributed by atoms with Gasteiger partial charge in [0.15, 0.2) is 23.0 Å². The number of para-hydroxylation sites is 8. The van der Waals surface area contributed by atoms with Crippen molar-refractivity contribution in [3.05, 3.63) is 192 Å². The second kappa shape index (κ2) is 13.7. The molecule has 9 rings (SSSR count). The molecular weight excluding hydrogens is 613 g/mol. The van der Waals surface area contributed by atoms with Gasteiger partial charge in [-0.05, 0) is 109 Å². The van der Waals surface area contributed by atoms with E-state index in [2.05, 4.69) is 133 Å². The zero-order valence-corrected chi connectivity index (χ0v) is 28.3. The zero-order valence-electron chi connectivity index (χ0n) is 28.3. The molecule has 2 heterocycles. The van der Waals surface area contributed by atoms with E-state index >= 15 is 0 Å². The molecule has 7 aromatic carbocycles. The standard InChI is InChI=1S/C26H21NO.C20H17NO/c1-19-7-6-8-21(17-19)18-20-13-15-22(16-14-20)27-23-9-2-4-11-25(23)28-26-12-5-3-10-24(26)27;1-2-15-11-13-16(14-12-15)21-17-7-3-5-9-19(17)22-20-10-6-4-8-18(20)21/h2-17H,18H2,1H3;3-14H,2H2,1H3. The maximum absolute atomic E-state index is 6.10. The van der Waals surface area contributed by atoms with Crippen LogP contribution in [0.5, 0.6) is 23.0 Å². The van der Waals surface area contributed by atoms with Gasteiger partial charge in [-0.2, -0.15) is 0 Å². The third-order valence-corrected chi connectivity index (χ3v) is 9.15. The molecule has 0 aliphatic carbocycles. The number of ether oxygens (including phenoxy) is 2. The van der Waals surface area contributed by atoms with Gasteiger partial charge in [0.25, 0.3) is 0 Å². The van der Waals surface area contributed by atoms with Gasteiger partial charge in [-0.25, -0.2) is 0 Å². The Balaban J connectivity index is 0.000000149. The maximum atomic E-state index is 6.10. The van der Waals surface area contributed by atoms with Crippen LogP contribution < -0.4 is 19.3 Å². The molecule has 0 aromatic heterocycles. The van der Waals surface area contributed by atoms with Crippen molar-refractivity contribution < 1.29 is 9.47 Å². The van der Waals surface area contributed by atoms with Crippen LogP contribution in [0.15, 0.2) is 170 Å². The number of rotatable bonds is 5. The van der Waals surface area contributed by atoms with Gasteiger partial charge < -0.3 is 19.3 Å². The minimum atomic E-state index is 0.880. The molecule has 0 radical (unpaired) electrons. The van der Waals surface area contributed by atoms with Crippen LogP contribution in [-0.4, -0.2) is 0 Å². The number of hydrogen-bond donors (Lipinski definition) is 0. The summed E-state index contributed by atoms with van der Waals surface area (Å²) in [5.41, 5.74) is 11.9. The van der Waals surface area contributed by atoms with E-state index in [1.165, 1.54) is 22.3 Å². The summed E-state index contributed by atoms with van der Waals surface area (Å²) in [5.74, 6) is 3.54. The van der Waals surface area contributed by atoms with Crippen molar-refractivity contribution in [1.29, 1.82) is 0 Å². The molecule has 0 saturated carbocycles. The van der Waals surface area contributed by atoms with Crippen molar-refractivity contribution in [2.24, 2.45) is 0 Å². The summed E-state index contributed by atoms with van der Waals surface area (Å²) in [6.07, 6.45) is 1.99. The molecule has 0 amide bonds. The van der Waals surface area contributed by atoms with Gasteiger partial charge in [0.1, 0.15) is 0 Å². The summed E-state index contributed by atoms with van der Waals surface area (Å²) in [4.78, 5) is 4.53. The summed E-state index contributed by atoms with van der Waals surface area (Å²) in [6, 6.07) is 59.0. The number of benzene rings is 7. The number of anilines is 6. The second-order valence-electron chi connectivity index (χ2n) is 12.6. The van der Waals surface area contributed by atoms with E-state index in [0.29, 0.717) is 0 Å². The van der Waals surface area contributed by atoms with E-state index in [9.17, 15) is 0 Å². The van der Waals surface area contributed by atoms with Gasteiger partial charge in [-0.1, -0.05) is 110 Å². The molecule has 0 atom stereocenters. The monoisotopic (exact) mass is 650 g/mol. The zero-order chi connectivity index (χ0) is 33.9. The van der Waals surface area contributed by atoms with Crippen molar-refractivity contribution in [3.63, 3.8) is 0 Å². The van der Waals surface area contributed by atoms with Crippen LogP contribution in [0.2, 0.25) is 0 Å². The highest BCUT2D eigenvalue weighted by Gasteiger charge is 2.26. The van der Waals surface area contributed by atoms with Crippen LogP contribution in [0.1, 0.15) is 29.2 Å². The average Bonchev–Trinajstić information content (AvgIpc) is 3.17. The van der Waals surface area contributed by atoms with E-state index in [4.69, 9.17) is 9.47 Å². The Morgan fingerprint density at radius 3 is 1.20 bits per heavy atom. The van der Waals surface area contributed by atoms with Crippen LogP contribution in [-0.2, 0) is 12.8 Å². The van der Waals surface area contributed by atoms with Crippen LogP contribution in [0.3, 0.4) is 0 Å². The first kappa shape index (κ1) is 31.0. The van der Waals surface area contributed by atoms with Crippen molar-refractivity contribution in [1.82, 2.24) is 0 Å². The number of nitrogens with zero attached hydrogens (tertiary/aromatic N) is 2. The lowest BCUT2D eigenvalue weighted by molar-refractivity contribution is 0.477. The molecule has 0 bridgehead atoms. The molecule has 0 N–H and O–H groups in total. The molecule has 4 nitrogen and oxygen atoms in total. The van der Waals surface area contributed by atoms with E-state index in [1.807, 2.05) is 60.7 Å². The van der Waals surface area contributed by atoms with Gasteiger partial charge in [-0.3, -0.25) is 0 Å². The van der Waals surface area contributed by atoms with E-state index in [-0.39, 0.29) is 0 Å². The van der Waals surface area contributed by atoms with Crippen LogP contribution in [0.4, 0.5) is 34.1 Å². The minimum absolute atomic E-state index is 0.880. The maximum Gasteiger partial charge on any atom is 0.151 e. The summed E-state index contributed by atoms with van der Waals surface area (Å²) in [6.45, 7) is 4.31. The lowest BCUT2D eigenvalue weighted by atomic mass is 10.0. The van der Waals surface area contributed by atoms with Gasteiger partial charge in [0.05, 0.1) is 22.7 Å². The number of fused-ring (bicyclic) bond motifs is 4. The van der Waals surface area contributed by atoms with E-state index in [0.717, 1.165) is 70.0 Å². The Labute approximate surface area is 294 Å². The lowest BCUT2D eigenvalue weighted by Crippen LogP contribution is -2.15. The fraction of sp³-hybridized carbons (Fsp3) is 0.0870. The summed E-state index contributed by atoms with van der Waals surface area (Å²) in [7, 11) is 0. The van der Waals surface area contributed by atoms with Crippen molar-refractivity contribution in [3.8, 4) is 23.0 Å². The molecule has 50 heavy (non-hydrogen) atoms. The van der Waals surface area contributed by atoms with Crippen LogP contribution in [0.25, 0.3) is 0 Å².